The lowest BCUT2D eigenvalue weighted by Crippen LogP contribution is -2.58. The molecule has 11 nitrogen and oxygen atoms in total. The molecule has 2 aliphatic heterocycles. The summed E-state index contributed by atoms with van der Waals surface area (Å²) in [5, 5.41) is 5.83. The minimum Gasteiger partial charge on any atom is -0.497 e. The van der Waals surface area contributed by atoms with Crippen LogP contribution in [0.2, 0.25) is 0 Å². The molecule has 0 aliphatic carbocycles. The van der Waals surface area contributed by atoms with E-state index in [0.717, 1.165) is 0 Å². The lowest BCUT2D eigenvalue weighted by atomic mass is 9.93. The first-order valence-corrected chi connectivity index (χ1v) is 12.8. The Balaban J connectivity index is 2.03. The van der Waals surface area contributed by atoms with Crippen molar-refractivity contribution in [3.63, 3.8) is 0 Å². The van der Waals surface area contributed by atoms with Crippen molar-refractivity contribution in [2.24, 2.45) is 0 Å². The second-order valence-corrected chi connectivity index (χ2v) is 8.97. The van der Waals surface area contributed by atoms with E-state index in [0.29, 0.717) is 67.6 Å². The maximum absolute atomic E-state index is 13.4. The van der Waals surface area contributed by atoms with Gasteiger partial charge in [-0.3, -0.25) is 9.80 Å². The molecule has 0 unspecified atom stereocenters. The van der Waals surface area contributed by atoms with Crippen LogP contribution in [0.25, 0.3) is 0 Å². The zero-order valence-electron chi connectivity index (χ0n) is 22.6. The predicted octanol–water partition coefficient (Wildman–Crippen LogP) is 2.34. The van der Waals surface area contributed by atoms with Gasteiger partial charge < -0.3 is 29.7 Å². The standard InChI is InChI=1S/C26H39N5O6/c1-7-27-25(33)31-11-10-29(15-17(31)4)16-21-22(24(32)37-9-3)23(28-26(34)30(21)8-2)18-12-19(35-5)14-20(13-18)36-6/h12-14,17,23H,7-11,15-16H2,1-6H3,(H,27,33)(H,28,34)/t17-,23+/m1/s1. The van der Waals surface area contributed by atoms with E-state index >= 15 is 0 Å². The van der Waals surface area contributed by atoms with E-state index in [1.54, 1.807) is 44.2 Å². The number of methoxy groups -OCH3 is 2. The van der Waals surface area contributed by atoms with E-state index in [1.807, 2.05) is 25.7 Å². The van der Waals surface area contributed by atoms with Gasteiger partial charge in [0.2, 0.25) is 0 Å². The number of benzene rings is 1. The lowest BCUT2D eigenvalue weighted by Gasteiger charge is -2.42. The summed E-state index contributed by atoms with van der Waals surface area (Å²) in [6.07, 6.45) is 0. The molecule has 204 valence electrons. The maximum Gasteiger partial charge on any atom is 0.338 e. The van der Waals surface area contributed by atoms with Gasteiger partial charge >= 0.3 is 18.0 Å². The largest absolute Gasteiger partial charge is 0.497 e. The van der Waals surface area contributed by atoms with Crippen molar-refractivity contribution >= 4 is 18.0 Å². The van der Waals surface area contributed by atoms with Crippen LogP contribution in [0.1, 0.15) is 39.3 Å². The van der Waals surface area contributed by atoms with Gasteiger partial charge in [-0.1, -0.05) is 0 Å². The average Bonchev–Trinajstić information content (AvgIpc) is 2.88. The van der Waals surface area contributed by atoms with Crippen LogP contribution in [0.4, 0.5) is 9.59 Å². The molecule has 0 saturated carbocycles. The van der Waals surface area contributed by atoms with Gasteiger partial charge in [0.25, 0.3) is 0 Å². The molecule has 1 saturated heterocycles. The molecule has 2 atom stereocenters. The Labute approximate surface area is 218 Å². The topological polar surface area (TPSA) is 113 Å². The van der Waals surface area contributed by atoms with Gasteiger partial charge in [0.05, 0.1) is 32.4 Å². The molecule has 37 heavy (non-hydrogen) atoms. The molecule has 0 aromatic heterocycles. The smallest absolute Gasteiger partial charge is 0.338 e. The first kappa shape index (κ1) is 28.1. The number of amides is 4. The zero-order chi connectivity index (χ0) is 27.1. The summed E-state index contributed by atoms with van der Waals surface area (Å²) in [5.41, 5.74) is 1.61. The van der Waals surface area contributed by atoms with Crippen LogP contribution in [0.5, 0.6) is 11.5 Å². The number of nitrogens with one attached hydrogen (secondary N) is 2. The monoisotopic (exact) mass is 517 g/mol. The maximum atomic E-state index is 13.4. The van der Waals surface area contributed by atoms with Gasteiger partial charge in [-0.25, -0.2) is 14.4 Å². The Morgan fingerprint density at radius 2 is 1.76 bits per heavy atom. The molecular weight excluding hydrogens is 478 g/mol. The molecule has 1 aromatic carbocycles. The summed E-state index contributed by atoms with van der Waals surface area (Å²) in [4.78, 5) is 44.6. The molecule has 2 heterocycles. The summed E-state index contributed by atoms with van der Waals surface area (Å²) in [7, 11) is 3.10. The Kier molecular flexibility index (Phi) is 9.62. The van der Waals surface area contributed by atoms with Crippen molar-refractivity contribution in [3.8, 4) is 11.5 Å². The van der Waals surface area contributed by atoms with Gasteiger partial charge in [0.15, 0.2) is 0 Å². The highest BCUT2D eigenvalue weighted by Gasteiger charge is 2.39. The Morgan fingerprint density at radius 3 is 2.30 bits per heavy atom. The lowest BCUT2D eigenvalue weighted by molar-refractivity contribution is -0.139. The van der Waals surface area contributed by atoms with Gasteiger partial charge in [-0.05, 0) is 45.4 Å². The van der Waals surface area contributed by atoms with Crippen LogP contribution in [-0.2, 0) is 9.53 Å². The van der Waals surface area contributed by atoms with Crippen molar-refractivity contribution < 1.29 is 28.6 Å². The molecule has 1 fully saturated rings. The molecule has 11 heteroatoms. The van der Waals surface area contributed by atoms with Crippen LogP contribution in [-0.4, -0.2) is 98.9 Å². The Morgan fingerprint density at radius 1 is 1.08 bits per heavy atom. The Bertz CT molecular complexity index is 1010. The van der Waals surface area contributed by atoms with Gasteiger partial charge in [0.1, 0.15) is 11.5 Å². The number of esters is 1. The highest BCUT2D eigenvalue weighted by molar-refractivity contribution is 5.95. The summed E-state index contributed by atoms with van der Waals surface area (Å²) >= 11 is 0. The number of rotatable bonds is 9. The van der Waals surface area contributed by atoms with Crippen LogP contribution >= 0.6 is 0 Å². The molecular formula is C26H39N5O6. The minimum atomic E-state index is -0.748. The fourth-order valence-corrected chi connectivity index (χ4v) is 4.85. The van der Waals surface area contributed by atoms with Gasteiger partial charge in [-0.2, -0.15) is 0 Å². The summed E-state index contributed by atoms with van der Waals surface area (Å²) in [6.45, 7) is 10.8. The predicted molar refractivity (Wildman–Crippen MR) is 139 cm³/mol. The zero-order valence-corrected chi connectivity index (χ0v) is 22.6. The van der Waals surface area contributed by atoms with Crippen molar-refractivity contribution in [1.29, 1.82) is 0 Å². The Hall–Kier alpha value is -3.47. The van der Waals surface area contributed by atoms with E-state index in [-0.39, 0.29) is 24.7 Å². The van der Waals surface area contributed by atoms with E-state index in [9.17, 15) is 14.4 Å². The normalized spacial score (nSPS) is 20.4. The number of carbonyl (C=O) groups is 3. The highest BCUT2D eigenvalue weighted by Crippen LogP contribution is 2.35. The molecule has 4 amide bonds. The number of ether oxygens (including phenoxy) is 3. The van der Waals surface area contributed by atoms with E-state index in [4.69, 9.17) is 14.2 Å². The van der Waals surface area contributed by atoms with Crippen molar-refractivity contribution in [2.45, 2.75) is 39.8 Å². The van der Waals surface area contributed by atoms with Crippen molar-refractivity contribution in [2.75, 3.05) is 60.1 Å². The number of likely N-dealkylation sites (N-methyl/N-ethyl adjacent to an activating group) is 1. The van der Waals surface area contributed by atoms with Crippen molar-refractivity contribution in [1.82, 2.24) is 25.3 Å². The summed E-state index contributed by atoms with van der Waals surface area (Å²) < 4.78 is 16.3. The van der Waals surface area contributed by atoms with Crippen LogP contribution in [0.3, 0.4) is 0 Å². The van der Waals surface area contributed by atoms with Gasteiger partial charge in [-0.15, -0.1) is 0 Å². The fraction of sp³-hybridized carbons (Fsp3) is 0.577. The molecule has 2 N–H and O–H groups in total. The first-order valence-electron chi connectivity index (χ1n) is 12.8. The molecule has 2 aliphatic rings. The quantitative estimate of drug-likeness (QED) is 0.484. The summed E-state index contributed by atoms with van der Waals surface area (Å²) in [5.74, 6) is 0.597. The molecule has 0 radical (unpaired) electrons. The summed E-state index contributed by atoms with van der Waals surface area (Å²) in [6, 6.07) is 4.13. The third kappa shape index (κ3) is 6.27. The van der Waals surface area contributed by atoms with Crippen LogP contribution in [0, 0.1) is 0 Å². The number of urea groups is 2. The fourth-order valence-electron chi connectivity index (χ4n) is 4.85. The minimum absolute atomic E-state index is 0.0297. The third-order valence-corrected chi connectivity index (χ3v) is 6.63. The first-order chi connectivity index (χ1) is 17.8. The second kappa shape index (κ2) is 12.7. The van der Waals surface area contributed by atoms with Gasteiger partial charge in [0, 0.05) is 57.1 Å². The van der Waals surface area contributed by atoms with Crippen molar-refractivity contribution in [3.05, 3.63) is 35.0 Å². The number of piperazine rings is 1. The molecule has 0 spiro atoms. The van der Waals surface area contributed by atoms with E-state index in [1.165, 1.54) is 0 Å². The SMILES string of the molecule is CCNC(=O)N1CCN(CC2=C(C(=O)OCC)[C@H](c3cc(OC)cc(OC)c3)NC(=O)N2CC)C[C@H]1C. The van der Waals surface area contributed by atoms with E-state index in [2.05, 4.69) is 15.5 Å². The number of nitrogens with zero attached hydrogens (tertiary/aromatic N) is 3. The van der Waals surface area contributed by atoms with E-state index < -0.39 is 12.0 Å². The molecule has 3 rings (SSSR count). The number of carbonyl (C=O) groups excluding carboxylic acids is 3. The second-order valence-electron chi connectivity index (χ2n) is 8.97. The third-order valence-electron chi connectivity index (χ3n) is 6.63. The average molecular weight is 518 g/mol. The molecule has 0 bridgehead atoms. The number of hydrogen-bond donors (Lipinski definition) is 2. The highest BCUT2D eigenvalue weighted by atomic mass is 16.5. The molecule has 1 aromatic rings. The number of hydrogen-bond acceptors (Lipinski definition) is 7. The van der Waals surface area contributed by atoms with Crippen LogP contribution in [0.15, 0.2) is 29.5 Å². The van der Waals surface area contributed by atoms with Crippen LogP contribution < -0.4 is 20.1 Å².